The lowest BCUT2D eigenvalue weighted by Gasteiger charge is -2.38. The van der Waals surface area contributed by atoms with Crippen LogP contribution in [0.25, 0.3) is 0 Å². The topological polar surface area (TPSA) is 77.1 Å². The van der Waals surface area contributed by atoms with Gasteiger partial charge >= 0.3 is 24.1 Å². The van der Waals surface area contributed by atoms with Crippen LogP contribution in [0.4, 0.5) is 34.1 Å². The quantitative estimate of drug-likeness (QED) is 0.439. The summed E-state index contributed by atoms with van der Waals surface area (Å²) in [7, 11) is 1.21. The predicted octanol–water partition coefficient (Wildman–Crippen LogP) is 6.68. The van der Waals surface area contributed by atoms with Crippen molar-refractivity contribution in [2.24, 2.45) is 0 Å². The fourth-order valence-electron chi connectivity index (χ4n) is 3.22. The monoisotopic (exact) mass is 492 g/mol. The van der Waals surface area contributed by atoms with Crippen molar-refractivity contribution >= 4 is 35.2 Å². The van der Waals surface area contributed by atoms with Crippen molar-refractivity contribution in [3.05, 3.63) is 83.4 Å². The lowest BCUT2D eigenvalue weighted by Crippen LogP contribution is -2.54. The second kappa shape index (κ2) is 8.79. The van der Waals surface area contributed by atoms with E-state index in [-0.39, 0.29) is 16.4 Å². The molecule has 0 aliphatic carbocycles. The average molecular weight is 493 g/mol. The molecule has 0 spiro atoms. The Labute approximate surface area is 196 Å². The minimum Gasteiger partial charge on any atom is -0.457 e. The predicted molar refractivity (Wildman–Crippen MR) is 117 cm³/mol. The summed E-state index contributed by atoms with van der Waals surface area (Å²) in [5.74, 6) is -2.67. The summed E-state index contributed by atoms with van der Waals surface area (Å²) in [6.07, 6.45) is -8.17. The molecule has 0 saturated carbocycles. The number of rotatable bonds is 4. The van der Waals surface area contributed by atoms with Gasteiger partial charge in [0.05, 0.1) is 11.3 Å². The van der Waals surface area contributed by atoms with Gasteiger partial charge in [0.25, 0.3) is 0 Å². The summed E-state index contributed by atoms with van der Waals surface area (Å²) in [6.45, 7) is 0. The van der Waals surface area contributed by atoms with E-state index < -0.39 is 29.7 Å². The minimum absolute atomic E-state index is 0.0782. The van der Waals surface area contributed by atoms with E-state index in [4.69, 9.17) is 21.1 Å². The summed E-state index contributed by atoms with van der Waals surface area (Å²) >= 11 is 5.86. The van der Waals surface area contributed by atoms with E-state index in [0.29, 0.717) is 11.5 Å². The van der Waals surface area contributed by atoms with Gasteiger partial charge in [-0.3, -0.25) is 10.2 Å². The second-order valence-corrected chi connectivity index (χ2v) is 7.59. The fourth-order valence-corrected chi connectivity index (χ4v) is 3.39. The van der Waals surface area contributed by atoms with Crippen LogP contribution >= 0.6 is 11.6 Å². The zero-order valence-electron chi connectivity index (χ0n) is 17.4. The lowest BCUT2D eigenvalue weighted by atomic mass is 10.0. The number of alkyl halides is 3. The fraction of sp³-hybridized carbons (Fsp3) is 0.130. The smallest absolute Gasteiger partial charge is 0.457 e. The van der Waals surface area contributed by atoms with Gasteiger partial charge < -0.3 is 14.2 Å². The first-order valence-electron chi connectivity index (χ1n) is 9.75. The maximum atomic E-state index is 14.2. The molecule has 0 radical (unpaired) electrons. The number of nitrogens with one attached hydrogen (secondary N) is 1. The highest BCUT2D eigenvalue weighted by Crippen LogP contribution is 2.49. The molecule has 3 aromatic rings. The van der Waals surface area contributed by atoms with E-state index in [2.05, 4.69) is 10.1 Å². The van der Waals surface area contributed by atoms with Crippen LogP contribution < -0.4 is 15.0 Å². The van der Waals surface area contributed by atoms with E-state index in [1.807, 2.05) is 6.07 Å². The van der Waals surface area contributed by atoms with Gasteiger partial charge in [-0.25, -0.2) is 9.59 Å². The molecule has 0 aromatic heterocycles. The third-order valence-electron chi connectivity index (χ3n) is 4.89. The van der Waals surface area contributed by atoms with Crippen LogP contribution in [0.3, 0.4) is 0 Å². The first-order valence-corrected chi connectivity index (χ1v) is 10.1. The normalized spacial score (nSPS) is 17.1. The van der Waals surface area contributed by atoms with Gasteiger partial charge in [-0.05, 0) is 54.6 Å². The van der Waals surface area contributed by atoms with Gasteiger partial charge in [-0.1, -0.05) is 29.8 Å². The van der Waals surface area contributed by atoms with E-state index in [9.17, 15) is 22.8 Å². The number of anilines is 2. The standard InChI is InChI=1S/C23H16ClF3N2O5/c1-29(15-8-10-17(11-9-15)32-16-5-3-2-4-6-16)21(31)34-22(23(25,26)27)18-13-14(24)7-12-19(18)28-20(30)33-22/h2-13H,1H3,(H,28,30). The van der Waals surface area contributed by atoms with E-state index >= 15 is 0 Å². The van der Waals surface area contributed by atoms with Crippen LogP contribution in [0, 0.1) is 0 Å². The summed E-state index contributed by atoms with van der Waals surface area (Å²) in [5, 5.41) is 2.06. The molecule has 176 valence electrons. The van der Waals surface area contributed by atoms with Crippen LogP contribution in [-0.2, 0) is 15.3 Å². The minimum atomic E-state index is -5.31. The number of nitrogens with zero attached hydrogens (tertiary/aromatic N) is 1. The van der Waals surface area contributed by atoms with Gasteiger partial charge in [-0.2, -0.15) is 13.2 Å². The molecule has 1 aliphatic rings. The Morgan fingerprint density at radius 2 is 1.68 bits per heavy atom. The number of carbonyl (C=O) groups excluding carboxylic acids is 2. The molecule has 1 atom stereocenters. The van der Waals surface area contributed by atoms with E-state index in [1.54, 1.807) is 24.3 Å². The number of fused-ring (bicyclic) bond motifs is 1. The van der Waals surface area contributed by atoms with Gasteiger partial charge in [-0.15, -0.1) is 0 Å². The number of benzene rings is 3. The van der Waals surface area contributed by atoms with Crippen LogP contribution in [-0.4, -0.2) is 25.4 Å². The zero-order chi connectivity index (χ0) is 24.5. The molecule has 0 fully saturated rings. The van der Waals surface area contributed by atoms with E-state index in [1.165, 1.54) is 37.4 Å². The molecular weight excluding hydrogens is 477 g/mol. The number of carbonyl (C=O) groups is 2. The summed E-state index contributed by atoms with van der Waals surface area (Å²) in [5.41, 5.74) is -0.717. The molecule has 2 amide bonds. The summed E-state index contributed by atoms with van der Waals surface area (Å²) in [6, 6.07) is 18.2. The Bertz CT molecular complexity index is 1220. The van der Waals surface area contributed by atoms with Crippen molar-refractivity contribution in [1.82, 2.24) is 0 Å². The largest absolute Gasteiger partial charge is 0.473 e. The highest BCUT2D eigenvalue weighted by molar-refractivity contribution is 6.30. The first kappa shape index (κ1) is 23.2. The SMILES string of the molecule is CN(C(=O)OC1(C(F)(F)F)OC(=O)Nc2ccc(Cl)cc21)c1ccc(Oc2ccccc2)cc1. The van der Waals surface area contributed by atoms with Crippen LogP contribution in [0.2, 0.25) is 5.02 Å². The van der Waals surface area contributed by atoms with Crippen LogP contribution in [0.1, 0.15) is 5.56 Å². The van der Waals surface area contributed by atoms with Gasteiger partial charge in [0.2, 0.25) is 0 Å². The number of hydrogen-bond donors (Lipinski definition) is 1. The number of cyclic esters (lactones) is 1. The second-order valence-electron chi connectivity index (χ2n) is 7.15. The number of amides is 2. The number of hydrogen-bond acceptors (Lipinski definition) is 5. The van der Waals surface area contributed by atoms with Gasteiger partial charge in [0.1, 0.15) is 11.5 Å². The van der Waals surface area contributed by atoms with Crippen molar-refractivity contribution in [2.75, 3.05) is 17.3 Å². The summed E-state index contributed by atoms with van der Waals surface area (Å²) < 4.78 is 57.6. The molecule has 34 heavy (non-hydrogen) atoms. The number of halogens is 4. The lowest BCUT2D eigenvalue weighted by molar-refractivity contribution is -0.350. The molecule has 11 heteroatoms. The summed E-state index contributed by atoms with van der Waals surface area (Å²) in [4.78, 5) is 25.5. The third-order valence-corrected chi connectivity index (χ3v) is 5.13. The highest BCUT2D eigenvalue weighted by atomic mass is 35.5. The van der Waals surface area contributed by atoms with Crippen molar-refractivity contribution in [3.8, 4) is 11.5 Å². The van der Waals surface area contributed by atoms with E-state index in [0.717, 1.165) is 17.0 Å². The first-order chi connectivity index (χ1) is 16.1. The van der Waals surface area contributed by atoms with Gasteiger partial charge in [0.15, 0.2) is 0 Å². The maximum absolute atomic E-state index is 14.2. The molecule has 3 aromatic carbocycles. The maximum Gasteiger partial charge on any atom is 0.473 e. The van der Waals surface area contributed by atoms with Gasteiger partial charge in [0, 0.05) is 17.8 Å². The molecule has 4 rings (SSSR count). The molecule has 0 saturated heterocycles. The number of ether oxygens (including phenoxy) is 3. The Morgan fingerprint density at radius 3 is 2.32 bits per heavy atom. The highest BCUT2D eigenvalue weighted by Gasteiger charge is 2.66. The Morgan fingerprint density at radius 1 is 1.03 bits per heavy atom. The van der Waals surface area contributed by atoms with Crippen molar-refractivity contribution < 1.29 is 37.0 Å². The molecule has 1 N–H and O–H groups in total. The van der Waals surface area contributed by atoms with Crippen LogP contribution in [0.5, 0.6) is 11.5 Å². The Hall–Kier alpha value is -3.92. The number of para-hydroxylation sites is 1. The molecule has 1 aliphatic heterocycles. The Kier molecular flexibility index (Phi) is 6.01. The third kappa shape index (κ3) is 4.44. The molecular formula is C23H16ClF3N2O5. The van der Waals surface area contributed by atoms with Crippen molar-refractivity contribution in [3.63, 3.8) is 0 Å². The molecule has 1 heterocycles. The van der Waals surface area contributed by atoms with Crippen molar-refractivity contribution in [2.45, 2.75) is 12.0 Å². The van der Waals surface area contributed by atoms with Crippen molar-refractivity contribution in [1.29, 1.82) is 0 Å². The zero-order valence-corrected chi connectivity index (χ0v) is 18.2. The molecule has 1 unspecified atom stereocenters. The molecule has 0 bridgehead atoms. The van der Waals surface area contributed by atoms with Crippen LogP contribution in [0.15, 0.2) is 72.8 Å². The average Bonchev–Trinajstić information content (AvgIpc) is 2.79. The Balaban J connectivity index is 1.60. The molecule has 7 nitrogen and oxygen atoms in total.